The molecular formula is C11H22N2O4S. The van der Waals surface area contributed by atoms with Crippen LogP contribution in [0, 0.1) is 5.92 Å². The van der Waals surface area contributed by atoms with Crippen LogP contribution in [0.1, 0.15) is 19.8 Å². The van der Waals surface area contributed by atoms with E-state index in [1.807, 2.05) is 0 Å². The lowest BCUT2D eigenvalue weighted by molar-refractivity contribution is -0.137. The Morgan fingerprint density at radius 2 is 2.00 bits per heavy atom. The van der Waals surface area contributed by atoms with Crippen molar-refractivity contribution >= 4 is 16.0 Å². The number of methoxy groups -OCH3 is 1. The van der Waals surface area contributed by atoms with Crippen LogP contribution < -0.4 is 5.32 Å². The van der Waals surface area contributed by atoms with Crippen molar-refractivity contribution in [3.05, 3.63) is 0 Å². The number of rotatable bonds is 6. The van der Waals surface area contributed by atoms with E-state index < -0.39 is 21.7 Å². The van der Waals surface area contributed by atoms with Gasteiger partial charge in [0, 0.05) is 13.1 Å². The van der Waals surface area contributed by atoms with Crippen molar-refractivity contribution in [1.82, 2.24) is 9.62 Å². The van der Waals surface area contributed by atoms with Gasteiger partial charge in [-0.2, -0.15) is 0 Å². The molecule has 106 valence electrons. The molecule has 0 aliphatic carbocycles. The van der Waals surface area contributed by atoms with Gasteiger partial charge < -0.3 is 10.1 Å². The van der Waals surface area contributed by atoms with Crippen molar-refractivity contribution in [2.24, 2.45) is 5.92 Å². The Hall–Kier alpha value is -0.660. The van der Waals surface area contributed by atoms with Gasteiger partial charge in [0.15, 0.2) is 5.75 Å². The highest BCUT2D eigenvalue weighted by atomic mass is 32.2. The fourth-order valence-electron chi connectivity index (χ4n) is 2.04. The van der Waals surface area contributed by atoms with Crippen LogP contribution in [0.5, 0.6) is 0 Å². The number of nitrogens with zero attached hydrogens (tertiary/aromatic N) is 1. The number of esters is 1. The van der Waals surface area contributed by atoms with Crippen molar-refractivity contribution in [1.29, 1.82) is 0 Å². The van der Waals surface area contributed by atoms with Crippen molar-refractivity contribution in [2.45, 2.75) is 19.8 Å². The molecule has 7 heteroatoms. The molecule has 0 unspecified atom stereocenters. The summed E-state index contributed by atoms with van der Waals surface area (Å²) in [5.74, 6) is -0.735. The molecule has 0 atom stereocenters. The van der Waals surface area contributed by atoms with Gasteiger partial charge in [0.25, 0.3) is 0 Å². The summed E-state index contributed by atoms with van der Waals surface area (Å²) >= 11 is 0. The minimum absolute atomic E-state index is 0.495. The van der Waals surface area contributed by atoms with Crippen LogP contribution in [0.3, 0.4) is 0 Å². The van der Waals surface area contributed by atoms with Crippen LogP contribution >= 0.6 is 0 Å². The topological polar surface area (TPSA) is 75.7 Å². The molecule has 0 spiro atoms. The molecule has 0 aromatic rings. The average Bonchev–Trinajstić information content (AvgIpc) is 2.36. The molecule has 0 saturated carbocycles. The summed E-state index contributed by atoms with van der Waals surface area (Å²) in [7, 11) is -2.31. The molecule has 1 N–H and O–H groups in total. The maximum absolute atomic E-state index is 11.9. The summed E-state index contributed by atoms with van der Waals surface area (Å²) in [4.78, 5) is 11.0. The predicted molar refractivity (Wildman–Crippen MR) is 68.6 cm³/mol. The SMILES string of the molecule is CCNCC1CCN(S(=O)(=O)CC(=O)OC)CC1. The van der Waals surface area contributed by atoms with Gasteiger partial charge in [-0.1, -0.05) is 6.92 Å². The number of nitrogens with one attached hydrogen (secondary N) is 1. The lowest BCUT2D eigenvalue weighted by Gasteiger charge is -2.30. The van der Waals surface area contributed by atoms with E-state index in [0.717, 1.165) is 25.9 Å². The van der Waals surface area contributed by atoms with E-state index in [9.17, 15) is 13.2 Å². The van der Waals surface area contributed by atoms with Gasteiger partial charge in [-0.05, 0) is 31.8 Å². The van der Waals surface area contributed by atoms with Crippen LogP contribution in [-0.2, 0) is 19.6 Å². The number of sulfonamides is 1. The standard InChI is InChI=1S/C11H22N2O4S/c1-3-12-8-10-4-6-13(7-5-10)18(15,16)9-11(14)17-2/h10,12H,3-9H2,1-2H3. The van der Waals surface area contributed by atoms with Crippen molar-refractivity contribution < 1.29 is 17.9 Å². The highest BCUT2D eigenvalue weighted by Gasteiger charge is 2.29. The van der Waals surface area contributed by atoms with E-state index in [1.54, 1.807) is 0 Å². The zero-order valence-electron chi connectivity index (χ0n) is 11.0. The van der Waals surface area contributed by atoms with E-state index in [2.05, 4.69) is 17.0 Å². The molecule has 1 rings (SSSR count). The van der Waals surface area contributed by atoms with E-state index in [-0.39, 0.29) is 0 Å². The average molecular weight is 278 g/mol. The number of carbonyl (C=O) groups is 1. The summed E-state index contributed by atoms with van der Waals surface area (Å²) in [6.07, 6.45) is 1.68. The molecule has 1 aliphatic heterocycles. The Labute approximate surface area is 109 Å². The Bertz CT molecular complexity index is 361. The highest BCUT2D eigenvalue weighted by Crippen LogP contribution is 2.19. The third kappa shape index (κ3) is 4.55. The highest BCUT2D eigenvalue weighted by molar-refractivity contribution is 7.89. The molecule has 0 aromatic heterocycles. The van der Waals surface area contributed by atoms with Gasteiger partial charge >= 0.3 is 5.97 Å². The number of hydrogen-bond donors (Lipinski definition) is 1. The number of ether oxygens (including phenoxy) is 1. The first kappa shape index (κ1) is 15.4. The first-order valence-electron chi connectivity index (χ1n) is 6.25. The van der Waals surface area contributed by atoms with Gasteiger partial charge in [-0.3, -0.25) is 4.79 Å². The summed E-state index contributed by atoms with van der Waals surface area (Å²) < 4.78 is 29.6. The molecule has 1 heterocycles. The monoisotopic (exact) mass is 278 g/mol. The normalized spacial score (nSPS) is 18.8. The maximum atomic E-state index is 11.9. The number of piperidine rings is 1. The van der Waals surface area contributed by atoms with Crippen LogP contribution in [0.25, 0.3) is 0 Å². The Morgan fingerprint density at radius 1 is 1.39 bits per heavy atom. The molecule has 0 bridgehead atoms. The third-order valence-electron chi connectivity index (χ3n) is 3.18. The molecule has 0 aromatic carbocycles. The molecule has 1 saturated heterocycles. The van der Waals surface area contributed by atoms with Gasteiger partial charge in [0.05, 0.1) is 7.11 Å². The van der Waals surface area contributed by atoms with Crippen LogP contribution in [0.2, 0.25) is 0 Å². The molecule has 1 fully saturated rings. The van der Waals surface area contributed by atoms with Crippen molar-refractivity contribution in [3.63, 3.8) is 0 Å². The number of carbonyl (C=O) groups excluding carboxylic acids is 1. The largest absolute Gasteiger partial charge is 0.468 e. The van der Waals surface area contributed by atoms with Gasteiger partial charge in [0.1, 0.15) is 0 Å². The van der Waals surface area contributed by atoms with Crippen molar-refractivity contribution in [2.75, 3.05) is 39.0 Å². The van der Waals surface area contributed by atoms with Crippen LogP contribution in [0.15, 0.2) is 0 Å². The minimum atomic E-state index is -3.50. The smallest absolute Gasteiger partial charge is 0.322 e. The second kappa shape index (κ2) is 7.06. The predicted octanol–water partition coefficient (Wildman–Crippen LogP) is -0.189. The fourth-order valence-corrected chi connectivity index (χ4v) is 3.40. The first-order valence-corrected chi connectivity index (χ1v) is 7.86. The molecular weight excluding hydrogens is 256 g/mol. The Kier molecular flexibility index (Phi) is 6.04. The van der Waals surface area contributed by atoms with E-state index in [1.165, 1.54) is 11.4 Å². The number of hydrogen-bond acceptors (Lipinski definition) is 5. The summed E-state index contributed by atoms with van der Waals surface area (Å²) in [5.41, 5.74) is 0. The quantitative estimate of drug-likeness (QED) is 0.682. The molecule has 18 heavy (non-hydrogen) atoms. The maximum Gasteiger partial charge on any atom is 0.322 e. The van der Waals surface area contributed by atoms with E-state index in [4.69, 9.17) is 0 Å². The first-order chi connectivity index (χ1) is 8.49. The summed E-state index contributed by atoms with van der Waals surface area (Å²) in [5, 5.41) is 3.27. The lowest BCUT2D eigenvalue weighted by atomic mass is 9.98. The van der Waals surface area contributed by atoms with Crippen LogP contribution in [-0.4, -0.2) is 57.7 Å². The summed E-state index contributed by atoms with van der Waals surface area (Å²) in [6, 6.07) is 0. The lowest BCUT2D eigenvalue weighted by Crippen LogP contribution is -2.43. The minimum Gasteiger partial charge on any atom is -0.468 e. The van der Waals surface area contributed by atoms with Gasteiger partial charge in [-0.25, -0.2) is 12.7 Å². The van der Waals surface area contributed by atoms with E-state index >= 15 is 0 Å². The molecule has 1 aliphatic rings. The Morgan fingerprint density at radius 3 is 2.50 bits per heavy atom. The zero-order chi connectivity index (χ0) is 13.6. The zero-order valence-corrected chi connectivity index (χ0v) is 11.8. The molecule has 0 amide bonds. The third-order valence-corrected chi connectivity index (χ3v) is 4.93. The van der Waals surface area contributed by atoms with Gasteiger partial charge in [-0.15, -0.1) is 0 Å². The van der Waals surface area contributed by atoms with E-state index in [0.29, 0.717) is 19.0 Å². The molecule has 0 radical (unpaired) electrons. The second-order valence-corrected chi connectivity index (χ2v) is 6.45. The second-order valence-electron chi connectivity index (χ2n) is 4.48. The van der Waals surface area contributed by atoms with Crippen LogP contribution in [0.4, 0.5) is 0 Å². The fraction of sp³-hybridized carbons (Fsp3) is 0.909. The van der Waals surface area contributed by atoms with Gasteiger partial charge in [0.2, 0.25) is 10.0 Å². The Balaban J connectivity index is 2.44. The summed E-state index contributed by atoms with van der Waals surface area (Å²) in [6.45, 7) is 4.91. The molecule has 6 nitrogen and oxygen atoms in total. The van der Waals surface area contributed by atoms with Crippen molar-refractivity contribution in [3.8, 4) is 0 Å².